The highest BCUT2D eigenvalue weighted by molar-refractivity contribution is 9.09. The van der Waals surface area contributed by atoms with Gasteiger partial charge in [-0.05, 0) is 13.8 Å². The van der Waals surface area contributed by atoms with E-state index in [2.05, 4.69) is 15.9 Å². The van der Waals surface area contributed by atoms with Crippen molar-refractivity contribution in [3.05, 3.63) is 0 Å². The molecule has 0 aromatic carbocycles. The molecule has 0 rings (SSSR count). The summed E-state index contributed by atoms with van der Waals surface area (Å²) in [5.41, 5.74) is 0. The van der Waals surface area contributed by atoms with Gasteiger partial charge in [-0.25, -0.2) is 0 Å². The Balaban J connectivity index is 4.47. The Bertz CT molecular complexity index is 212. The van der Waals surface area contributed by atoms with Crippen molar-refractivity contribution in [2.75, 3.05) is 13.1 Å². The van der Waals surface area contributed by atoms with Gasteiger partial charge in [0.2, 0.25) is 0 Å². The van der Waals surface area contributed by atoms with Crippen LogP contribution in [0.25, 0.3) is 0 Å². The molecule has 0 saturated heterocycles. The highest BCUT2D eigenvalue weighted by Crippen LogP contribution is 2.28. The second-order valence-corrected chi connectivity index (χ2v) is 4.75. The minimum atomic E-state index is -4.54. The summed E-state index contributed by atoms with van der Waals surface area (Å²) in [6.07, 6.45) is -9.04. The van der Waals surface area contributed by atoms with Crippen LogP contribution < -0.4 is 0 Å². The molecule has 0 fully saturated rings. The Morgan fingerprint density at radius 2 is 1.50 bits per heavy atom. The molecule has 1 nitrogen and oxygen atoms in total. The molecular weight excluding hydrogens is 304 g/mol. The predicted molar refractivity (Wildman–Crippen MR) is 51.5 cm³/mol. The molecule has 98 valence electrons. The van der Waals surface area contributed by atoms with Crippen LogP contribution in [0.2, 0.25) is 0 Å². The Morgan fingerprint density at radius 1 is 1.06 bits per heavy atom. The molecule has 0 saturated carbocycles. The summed E-state index contributed by atoms with van der Waals surface area (Å²) in [7, 11) is 0. The third-order valence-corrected chi connectivity index (χ3v) is 2.67. The standard InChI is InChI=1S/C8H12BrF6N/c1-5(2)16(4-7(10,11)12)3-6(9)8(13,14)15/h5-6H,3-4H2,1-2H3. The van der Waals surface area contributed by atoms with Gasteiger partial charge in [0.25, 0.3) is 0 Å². The van der Waals surface area contributed by atoms with Gasteiger partial charge in [0.05, 0.1) is 6.54 Å². The Labute approximate surface area is 97.9 Å². The van der Waals surface area contributed by atoms with Gasteiger partial charge in [0, 0.05) is 12.6 Å². The summed E-state index contributed by atoms with van der Waals surface area (Å²) in [6.45, 7) is 0.771. The molecule has 1 atom stereocenters. The molecule has 0 radical (unpaired) electrons. The van der Waals surface area contributed by atoms with Gasteiger partial charge in [0.1, 0.15) is 4.83 Å². The summed E-state index contributed by atoms with van der Waals surface area (Å²) >= 11 is 2.34. The molecule has 0 N–H and O–H groups in total. The first-order valence-electron chi connectivity index (χ1n) is 4.45. The number of hydrogen-bond donors (Lipinski definition) is 0. The lowest BCUT2D eigenvalue weighted by atomic mass is 10.2. The second kappa shape index (κ2) is 5.57. The van der Waals surface area contributed by atoms with E-state index in [0.29, 0.717) is 0 Å². The van der Waals surface area contributed by atoms with Crippen LogP contribution in [0.1, 0.15) is 13.8 Å². The van der Waals surface area contributed by atoms with Crippen LogP contribution >= 0.6 is 15.9 Å². The Kier molecular flexibility index (Phi) is 5.58. The topological polar surface area (TPSA) is 3.24 Å². The zero-order valence-corrected chi connectivity index (χ0v) is 10.2. The SMILES string of the molecule is CC(C)N(CC(Br)C(F)(F)F)CC(F)(F)F. The fraction of sp³-hybridized carbons (Fsp3) is 1.00. The molecule has 8 heteroatoms. The van der Waals surface area contributed by atoms with Crippen molar-refractivity contribution >= 4 is 15.9 Å². The summed E-state index contributed by atoms with van der Waals surface area (Å²) < 4.78 is 72.7. The van der Waals surface area contributed by atoms with Crippen LogP contribution in [-0.4, -0.2) is 41.2 Å². The van der Waals surface area contributed by atoms with Crippen molar-refractivity contribution in [1.82, 2.24) is 4.90 Å². The highest BCUT2D eigenvalue weighted by Gasteiger charge is 2.41. The molecule has 0 aliphatic heterocycles. The van der Waals surface area contributed by atoms with Gasteiger partial charge in [0.15, 0.2) is 0 Å². The van der Waals surface area contributed by atoms with E-state index >= 15 is 0 Å². The maximum atomic E-state index is 12.2. The van der Waals surface area contributed by atoms with Crippen molar-refractivity contribution in [2.24, 2.45) is 0 Å². The third-order valence-electron chi connectivity index (χ3n) is 1.86. The molecule has 0 amide bonds. The van der Waals surface area contributed by atoms with Gasteiger partial charge < -0.3 is 0 Å². The van der Waals surface area contributed by atoms with E-state index in [4.69, 9.17) is 0 Å². The van der Waals surface area contributed by atoms with Crippen LogP contribution in [0.15, 0.2) is 0 Å². The average molecular weight is 316 g/mol. The minimum Gasteiger partial charge on any atom is -0.291 e. The number of halogens is 7. The molecule has 1 unspecified atom stereocenters. The van der Waals surface area contributed by atoms with Gasteiger partial charge in [-0.3, -0.25) is 4.90 Å². The first-order chi connectivity index (χ1) is 6.93. The van der Waals surface area contributed by atoms with Crippen molar-refractivity contribution in [2.45, 2.75) is 37.1 Å². The second-order valence-electron chi connectivity index (χ2n) is 3.65. The van der Waals surface area contributed by atoms with E-state index in [9.17, 15) is 26.3 Å². The van der Waals surface area contributed by atoms with Crippen molar-refractivity contribution < 1.29 is 26.3 Å². The maximum Gasteiger partial charge on any atom is 0.402 e. The quantitative estimate of drug-likeness (QED) is 0.566. The fourth-order valence-corrected chi connectivity index (χ4v) is 1.37. The van der Waals surface area contributed by atoms with Crippen molar-refractivity contribution in [1.29, 1.82) is 0 Å². The molecule has 0 bridgehead atoms. The molecular formula is C8H12BrF6N. The first-order valence-corrected chi connectivity index (χ1v) is 5.36. The van der Waals surface area contributed by atoms with Gasteiger partial charge >= 0.3 is 12.4 Å². The lowest BCUT2D eigenvalue weighted by molar-refractivity contribution is -0.160. The molecule has 0 aliphatic carbocycles. The van der Waals surface area contributed by atoms with Crippen LogP contribution in [0.3, 0.4) is 0 Å². The van der Waals surface area contributed by atoms with E-state index < -0.39 is 36.3 Å². The predicted octanol–water partition coefficient (Wildman–Crippen LogP) is 3.58. The number of rotatable bonds is 4. The average Bonchev–Trinajstić information content (AvgIpc) is 1.98. The largest absolute Gasteiger partial charge is 0.402 e. The third kappa shape index (κ3) is 6.57. The molecule has 0 aromatic rings. The number of alkyl halides is 7. The summed E-state index contributed by atoms with van der Waals surface area (Å²) in [5.74, 6) is 0. The van der Waals surface area contributed by atoms with E-state index in [1.54, 1.807) is 0 Å². The zero-order chi connectivity index (χ0) is 13.1. The van der Waals surface area contributed by atoms with E-state index in [1.807, 2.05) is 0 Å². The smallest absolute Gasteiger partial charge is 0.291 e. The zero-order valence-electron chi connectivity index (χ0n) is 8.66. The summed E-state index contributed by atoms with van der Waals surface area (Å²) in [4.78, 5) is -1.22. The number of nitrogens with zero attached hydrogens (tertiary/aromatic N) is 1. The highest BCUT2D eigenvalue weighted by atomic mass is 79.9. The van der Waals surface area contributed by atoms with E-state index in [0.717, 1.165) is 4.90 Å². The molecule has 0 aliphatic rings. The maximum absolute atomic E-state index is 12.2. The fourth-order valence-electron chi connectivity index (χ4n) is 0.998. The van der Waals surface area contributed by atoms with E-state index in [1.165, 1.54) is 13.8 Å². The molecule has 16 heavy (non-hydrogen) atoms. The Hall–Kier alpha value is 0.0200. The minimum absolute atomic E-state index is 0.607. The monoisotopic (exact) mass is 315 g/mol. The Morgan fingerprint density at radius 3 is 1.75 bits per heavy atom. The molecule has 0 heterocycles. The van der Waals surface area contributed by atoms with Crippen LogP contribution in [-0.2, 0) is 0 Å². The summed E-state index contributed by atoms with van der Waals surface area (Å²) in [6, 6.07) is -0.607. The van der Waals surface area contributed by atoms with Crippen molar-refractivity contribution in [3.63, 3.8) is 0 Å². The van der Waals surface area contributed by atoms with Gasteiger partial charge in [-0.1, -0.05) is 15.9 Å². The van der Waals surface area contributed by atoms with Crippen LogP contribution in [0.4, 0.5) is 26.3 Å². The van der Waals surface area contributed by atoms with E-state index in [-0.39, 0.29) is 0 Å². The van der Waals surface area contributed by atoms with Crippen LogP contribution in [0, 0.1) is 0 Å². The lowest BCUT2D eigenvalue weighted by Crippen LogP contribution is -2.45. The summed E-state index contributed by atoms with van der Waals surface area (Å²) in [5, 5.41) is 0. The van der Waals surface area contributed by atoms with Crippen molar-refractivity contribution in [3.8, 4) is 0 Å². The van der Waals surface area contributed by atoms with Gasteiger partial charge in [-0.2, -0.15) is 26.3 Å². The normalized spacial score (nSPS) is 15.9. The number of hydrogen-bond acceptors (Lipinski definition) is 1. The molecule has 0 aromatic heterocycles. The molecule has 0 spiro atoms. The van der Waals surface area contributed by atoms with Gasteiger partial charge in [-0.15, -0.1) is 0 Å². The van der Waals surface area contributed by atoms with Crippen LogP contribution in [0.5, 0.6) is 0 Å². The first kappa shape index (κ1) is 16.0. The lowest BCUT2D eigenvalue weighted by Gasteiger charge is -2.30.